The number of rotatable bonds is 4. The van der Waals surface area contributed by atoms with Gasteiger partial charge in [0.05, 0.1) is 7.11 Å². The van der Waals surface area contributed by atoms with Crippen LogP contribution in [-0.4, -0.2) is 13.9 Å². The van der Waals surface area contributed by atoms with Crippen LogP contribution in [0.5, 0.6) is 17.2 Å². The maximum Gasteiger partial charge on any atom is 0.231 e. The van der Waals surface area contributed by atoms with Crippen LogP contribution in [0.1, 0.15) is 16.0 Å². The summed E-state index contributed by atoms with van der Waals surface area (Å²) in [5.74, 6) is 2.54. The zero-order valence-electron chi connectivity index (χ0n) is 11.1. The van der Waals surface area contributed by atoms with E-state index >= 15 is 0 Å². The number of halogens is 1. The second-order valence-corrected chi connectivity index (χ2v) is 5.70. The van der Waals surface area contributed by atoms with E-state index in [1.165, 1.54) is 11.1 Å². The molecular weight excluding hydrogens is 320 g/mol. The quantitative estimate of drug-likeness (QED) is 0.788. The molecule has 0 N–H and O–H groups in total. The van der Waals surface area contributed by atoms with E-state index in [1.807, 2.05) is 30.3 Å². The molecule has 0 saturated carbocycles. The summed E-state index contributed by atoms with van der Waals surface area (Å²) in [5, 5.41) is 0. The van der Waals surface area contributed by atoms with Crippen molar-refractivity contribution in [3.63, 3.8) is 0 Å². The van der Waals surface area contributed by atoms with E-state index in [2.05, 4.69) is 28.1 Å². The third-order valence-corrected chi connectivity index (χ3v) is 4.20. The molecule has 0 saturated heterocycles. The number of para-hydroxylation sites is 1. The maximum absolute atomic E-state index is 5.42. The van der Waals surface area contributed by atoms with Crippen molar-refractivity contribution >= 4 is 15.9 Å². The molecule has 1 unspecified atom stereocenters. The van der Waals surface area contributed by atoms with E-state index in [1.54, 1.807) is 7.11 Å². The zero-order chi connectivity index (χ0) is 13.9. The highest BCUT2D eigenvalue weighted by atomic mass is 79.9. The standard InChI is InChI=1S/C16H15BrO3/c1-18-14-5-3-2-4-12(14)8-13(17)11-6-7-15-16(9-11)20-10-19-15/h2-7,9,13H,8,10H2,1H3. The number of methoxy groups -OCH3 is 1. The van der Waals surface area contributed by atoms with Crippen molar-refractivity contribution < 1.29 is 14.2 Å². The molecule has 3 rings (SSSR count). The van der Waals surface area contributed by atoms with Gasteiger partial charge in [-0.25, -0.2) is 0 Å². The van der Waals surface area contributed by atoms with Gasteiger partial charge in [-0.1, -0.05) is 40.2 Å². The number of benzene rings is 2. The SMILES string of the molecule is COc1ccccc1CC(Br)c1ccc2c(c1)OCO2. The van der Waals surface area contributed by atoms with Crippen molar-refractivity contribution in [3.8, 4) is 17.2 Å². The van der Waals surface area contributed by atoms with Crippen molar-refractivity contribution in [2.75, 3.05) is 13.9 Å². The molecule has 0 aromatic heterocycles. The minimum absolute atomic E-state index is 0.202. The Morgan fingerprint density at radius 2 is 1.95 bits per heavy atom. The normalized spacial score (nSPS) is 14.1. The number of alkyl halides is 1. The summed E-state index contributed by atoms with van der Waals surface area (Å²) in [6.45, 7) is 0.304. The molecule has 1 aliphatic heterocycles. The fourth-order valence-corrected chi connectivity index (χ4v) is 2.92. The number of fused-ring (bicyclic) bond motifs is 1. The highest BCUT2D eigenvalue weighted by molar-refractivity contribution is 9.09. The van der Waals surface area contributed by atoms with E-state index in [9.17, 15) is 0 Å². The minimum Gasteiger partial charge on any atom is -0.496 e. The Balaban J connectivity index is 1.81. The van der Waals surface area contributed by atoms with E-state index in [0.717, 1.165) is 23.7 Å². The van der Waals surface area contributed by atoms with Gasteiger partial charge < -0.3 is 14.2 Å². The summed E-state index contributed by atoms with van der Waals surface area (Å²) in [7, 11) is 1.70. The van der Waals surface area contributed by atoms with Gasteiger partial charge in [0.2, 0.25) is 6.79 Å². The van der Waals surface area contributed by atoms with Crippen LogP contribution in [0.2, 0.25) is 0 Å². The Bertz CT molecular complexity index is 612. The molecule has 1 atom stereocenters. The molecule has 0 radical (unpaired) electrons. The molecule has 3 nitrogen and oxygen atoms in total. The summed E-state index contributed by atoms with van der Waals surface area (Å²) in [4.78, 5) is 0.202. The molecule has 20 heavy (non-hydrogen) atoms. The van der Waals surface area contributed by atoms with Gasteiger partial charge in [0.25, 0.3) is 0 Å². The highest BCUT2D eigenvalue weighted by Gasteiger charge is 2.17. The predicted molar refractivity (Wildman–Crippen MR) is 80.9 cm³/mol. The zero-order valence-corrected chi connectivity index (χ0v) is 12.7. The molecule has 4 heteroatoms. The molecule has 0 amide bonds. The van der Waals surface area contributed by atoms with Gasteiger partial charge in [-0.3, -0.25) is 0 Å². The van der Waals surface area contributed by atoms with Gasteiger partial charge in [-0.15, -0.1) is 0 Å². The van der Waals surface area contributed by atoms with Gasteiger partial charge >= 0.3 is 0 Å². The largest absolute Gasteiger partial charge is 0.496 e. The minimum atomic E-state index is 0.202. The first-order valence-electron chi connectivity index (χ1n) is 6.43. The Morgan fingerprint density at radius 1 is 1.15 bits per heavy atom. The lowest BCUT2D eigenvalue weighted by atomic mass is 10.0. The lowest BCUT2D eigenvalue weighted by molar-refractivity contribution is 0.174. The maximum atomic E-state index is 5.42. The number of ether oxygens (including phenoxy) is 3. The molecule has 1 heterocycles. The molecule has 0 spiro atoms. The average Bonchev–Trinajstić information content (AvgIpc) is 2.95. The molecule has 0 aliphatic carbocycles. The molecule has 1 aliphatic rings. The first-order valence-corrected chi connectivity index (χ1v) is 7.35. The molecular formula is C16H15BrO3. The summed E-state index contributed by atoms with van der Waals surface area (Å²) in [6, 6.07) is 14.1. The van der Waals surface area contributed by atoms with Crippen LogP contribution >= 0.6 is 15.9 Å². The van der Waals surface area contributed by atoms with Crippen LogP contribution in [-0.2, 0) is 6.42 Å². The van der Waals surface area contributed by atoms with Crippen LogP contribution in [0.3, 0.4) is 0 Å². The summed E-state index contributed by atoms with van der Waals surface area (Å²) < 4.78 is 16.1. The van der Waals surface area contributed by atoms with Crippen LogP contribution < -0.4 is 14.2 Å². The Labute approximate surface area is 126 Å². The summed E-state index contributed by atoms with van der Waals surface area (Å²) >= 11 is 3.74. The van der Waals surface area contributed by atoms with E-state index in [0.29, 0.717) is 6.79 Å². The Kier molecular flexibility index (Phi) is 3.83. The first kappa shape index (κ1) is 13.3. The lowest BCUT2D eigenvalue weighted by Crippen LogP contribution is -1.98. The van der Waals surface area contributed by atoms with E-state index in [4.69, 9.17) is 14.2 Å². The van der Waals surface area contributed by atoms with E-state index < -0.39 is 0 Å². The smallest absolute Gasteiger partial charge is 0.231 e. The lowest BCUT2D eigenvalue weighted by Gasteiger charge is -2.13. The topological polar surface area (TPSA) is 27.7 Å². The Hall–Kier alpha value is -1.68. The number of hydrogen-bond acceptors (Lipinski definition) is 3. The Morgan fingerprint density at radius 3 is 2.80 bits per heavy atom. The van der Waals surface area contributed by atoms with Crippen molar-refractivity contribution in [2.45, 2.75) is 11.2 Å². The fourth-order valence-electron chi connectivity index (χ4n) is 2.29. The van der Waals surface area contributed by atoms with Crippen LogP contribution in [0.15, 0.2) is 42.5 Å². The van der Waals surface area contributed by atoms with Gasteiger partial charge in [0, 0.05) is 4.83 Å². The average molecular weight is 335 g/mol. The van der Waals surface area contributed by atoms with Crippen LogP contribution in [0.25, 0.3) is 0 Å². The monoisotopic (exact) mass is 334 g/mol. The second kappa shape index (κ2) is 5.75. The third kappa shape index (κ3) is 2.61. The fraction of sp³-hybridized carbons (Fsp3) is 0.250. The van der Waals surface area contributed by atoms with Crippen LogP contribution in [0.4, 0.5) is 0 Å². The first-order chi connectivity index (χ1) is 9.78. The highest BCUT2D eigenvalue weighted by Crippen LogP contribution is 2.38. The van der Waals surface area contributed by atoms with Gasteiger partial charge in [-0.05, 0) is 35.7 Å². The van der Waals surface area contributed by atoms with Gasteiger partial charge in [0.15, 0.2) is 11.5 Å². The van der Waals surface area contributed by atoms with Crippen molar-refractivity contribution in [2.24, 2.45) is 0 Å². The molecule has 2 aromatic carbocycles. The molecule has 104 valence electrons. The molecule has 0 bridgehead atoms. The second-order valence-electron chi connectivity index (χ2n) is 4.60. The molecule has 2 aromatic rings. The van der Waals surface area contributed by atoms with Crippen molar-refractivity contribution in [3.05, 3.63) is 53.6 Å². The predicted octanol–water partition coefficient (Wildman–Crippen LogP) is 4.10. The van der Waals surface area contributed by atoms with Crippen LogP contribution in [0, 0.1) is 0 Å². The summed E-state index contributed by atoms with van der Waals surface area (Å²) in [5.41, 5.74) is 2.34. The third-order valence-electron chi connectivity index (χ3n) is 3.35. The number of hydrogen-bond donors (Lipinski definition) is 0. The van der Waals surface area contributed by atoms with Crippen molar-refractivity contribution in [1.29, 1.82) is 0 Å². The molecule has 0 fully saturated rings. The summed E-state index contributed by atoms with van der Waals surface area (Å²) in [6.07, 6.45) is 0.851. The van der Waals surface area contributed by atoms with Gasteiger partial charge in [-0.2, -0.15) is 0 Å². The van der Waals surface area contributed by atoms with Crippen molar-refractivity contribution in [1.82, 2.24) is 0 Å². The van der Waals surface area contributed by atoms with E-state index in [-0.39, 0.29) is 4.83 Å². The van der Waals surface area contributed by atoms with Gasteiger partial charge in [0.1, 0.15) is 5.75 Å².